The number of piperidine rings is 1. The summed E-state index contributed by atoms with van der Waals surface area (Å²) in [5.41, 5.74) is 0. The summed E-state index contributed by atoms with van der Waals surface area (Å²) in [7, 11) is 0. The van der Waals surface area contributed by atoms with E-state index in [1.165, 1.54) is 12.8 Å². The van der Waals surface area contributed by atoms with Crippen molar-refractivity contribution in [3.05, 3.63) is 0 Å². The van der Waals surface area contributed by atoms with Crippen LogP contribution in [0.25, 0.3) is 0 Å². The zero-order chi connectivity index (χ0) is 30.5. The lowest BCUT2D eigenvalue weighted by molar-refractivity contribution is -0.132. The first-order chi connectivity index (χ1) is 20.7. The molecule has 1 amide bonds. The van der Waals surface area contributed by atoms with Crippen LogP contribution >= 0.6 is 11.6 Å². The lowest BCUT2D eigenvalue weighted by Gasteiger charge is -2.44. The molecule has 11 nitrogen and oxygen atoms in total. The topological polar surface area (TPSA) is 141 Å². The van der Waals surface area contributed by atoms with Crippen molar-refractivity contribution in [2.75, 3.05) is 65.6 Å². The minimum absolute atomic E-state index is 0.0120. The van der Waals surface area contributed by atoms with E-state index >= 15 is 4.39 Å². The Bertz CT molecular complexity index is 882. The second-order valence-electron chi connectivity index (χ2n) is 13.6. The molecule has 0 bridgehead atoms. The highest BCUT2D eigenvalue weighted by Crippen LogP contribution is 2.36. The number of aliphatic hydroxyl groups excluding tert-OH is 4. The van der Waals surface area contributed by atoms with Crippen molar-refractivity contribution in [2.24, 2.45) is 17.8 Å². The summed E-state index contributed by atoms with van der Waals surface area (Å²) in [5, 5.41) is 45.8. The number of hydrogen-bond acceptors (Lipinski definition) is 10. The quantitative estimate of drug-likeness (QED) is 0.118. The van der Waals surface area contributed by atoms with Crippen LogP contribution in [-0.2, 0) is 9.53 Å². The number of nitrogens with one attached hydrogen (secondary N) is 2. The van der Waals surface area contributed by atoms with Gasteiger partial charge in [-0.2, -0.15) is 0 Å². The van der Waals surface area contributed by atoms with E-state index in [0.29, 0.717) is 50.9 Å². The number of carbonyl (C=O) groups is 1. The average Bonchev–Trinajstić information content (AvgIpc) is 3.35. The van der Waals surface area contributed by atoms with Crippen LogP contribution < -0.4 is 10.6 Å². The summed E-state index contributed by atoms with van der Waals surface area (Å²) < 4.78 is 21.2. The Hall–Kier alpha value is -0.670. The van der Waals surface area contributed by atoms with Gasteiger partial charge in [0.2, 0.25) is 5.91 Å². The Morgan fingerprint density at radius 2 is 1.77 bits per heavy atom. The Balaban J connectivity index is 0.929. The predicted octanol–water partition coefficient (Wildman–Crippen LogP) is -0.306. The highest BCUT2D eigenvalue weighted by Gasteiger charge is 2.48. The summed E-state index contributed by atoms with van der Waals surface area (Å²) in [4.78, 5) is 19.3. The number of amides is 1. The Morgan fingerprint density at radius 1 is 1.02 bits per heavy atom. The van der Waals surface area contributed by atoms with Crippen molar-refractivity contribution < 1.29 is 34.3 Å². The molecule has 1 aliphatic carbocycles. The van der Waals surface area contributed by atoms with Crippen molar-refractivity contribution in [1.29, 1.82) is 0 Å². The van der Waals surface area contributed by atoms with Crippen LogP contribution in [0.15, 0.2) is 0 Å². The minimum Gasteiger partial charge on any atom is -0.394 e. The molecule has 0 aromatic rings. The Morgan fingerprint density at radius 3 is 2.47 bits per heavy atom. The first-order valence-corrected chi connectivity index (χ1v) is 16.9. The van der Waals surface area contributed by atoms with Crippen LogP contribution in [0, 0.1) is 17.8 Å². The van der Waals surface area contributed by atoms with Gasteiger partial charge in [0, 0.05) is 83.8 Å². The largest absolute Gasteiger partial charge is 0.394 e. The Labute approximate surface area is 260 Å². The molecule has 0 aromatic heterocycles. The molecule has 248 valence electrons. The van der Waals surface area contributed by atoms with Gasteiger partial charge in [-0.25, -0.2) is 4.39 Å². The highest BCUT2D eigenvalue weighted by atomic mass is 35.5. The molecule has 0 aromatic carbocycles. The summed E-state index contributed by atoms with van der Waals surface area (Å²) in [6.45, 7) is 5.92. The van der Waals surface area contributed by atoms with E-state index in [1.54, 1.807) is 0 Å². The van der Waals surface area contributed by atoms with Gasteiger partial charge in [0.25, 0.3) is 0 Å². The molecular weight excluding hydrogens is 581 g/mol. The van der Waals surface area contributed by atoms with Gasteiger partial charge in [0.1, 0.15) is 24.7 Å². The van der Waals surface area contributed by atoms with Gasteiger partial charge in [0.05, 0.1) is 24.2 Å². The number of hydrogen-bond donors (Lipinski definition) is 6. The monoisotopic (exact) mass is 633 g/mol. The number of alkyl halides is 2. The summed E-state index contributed by atoms with van der Waals surface area (Å²) in [6.07, 6.45) is 1.68. The van der Waals surface area contributed by atoms with Crippen LogP contribution in [0.2, 0.25) is 0 Å². The smallest absolute Gasteiger partial charge is 0.223 e. The number of fused-ring (bicyclic) bond motifs is 1. The normalized spacial score (nSPS) is 36.6. The number of aliphatic hydroxyl groups is 4. The summed E-state index contributed by atoms with van der Waals surface area (Å²) in [6, 6.07) is 0.0973. The summed E-state index contributed by atoms with van der Waals surface area (Å²) >= 11 is 6.16. The molecule has 5 fully saturated rings. The molecular formula is C30H53ClFN5O6. The van der Waals surface area contributed by atoms with Crippen molar-refractivity contribution in [1.82, 2.24) is 25.3 Å². The van der Waals surface area contributed by atoms with Crippen molar-refractivity contribution in [2.45, 2.75) is 99.7 Å². The first-order valence-electron chi connectivity index (χ1n) is 16.5. The number of nitrogens with zero attached hydrogens (tertiary/aromatic N) is 3. The molecule has 4 saturated heterocycles. The molecule has 0 radical (unpaired) electrons. The van der Waals surface area contributed by atoms with E-state index < -0.39 is 31.1 Å². The van der Waals surface area contributed by atoms with Crippen molar-refractivity contribution in [3.63, 3.8) is 0 Å². The maximum absolute atomic E-state index is 15.1. The van der Waals surface area contributed by atoms with Gasteiger partial charge in [-0.15, -0.1) is 11.6 Å². The van der Waals surface area contributed by atoms with E-state index in [1.807, 2.05) is 9.80 Å². The number of halogens is 2. The standard InChI is InChI=1S/C30H53ClFN5O6/c31-22-12-33-30(34-13-22)35-7-5-19(6-8-35)2-1-9-43-23-4-3-20(24(32)11-23)10-28(41)37-15-21-14-36(25(21)16-37)17-26(39)29(42)27(40)18-38/h19-27,29-30,33-34,38-40,42H,1-18H2/t20?,21-,22?,23?,24?,25+,26+,27-,29+,30?/m1/s1. The first kappa shape index (κ1) is 33.7. The minimum atomic E-state index is -1.42. The van der Waals surface area contributed by atoms with Crippen LogP contribution in [-0.4, -0.2) is 155 Å². The third-order valence-corrected chi connectivity index (χ3v) is 10.9. The zero-order valence-electron chi connectivity index (χ0n) is 25.3. The molecule has 5 aliphatic rings. The van der Waals surface area contributed by atoms with Crippen LogP contribution in [0.5, 0.6) is 0 Å². The van der Waals surface area contributed by atoms with E-state index in [0.717, 1.165) is 45.4 Å². The van der Waals surface area contributed by atoms with Crippen LogP contribution in [0.3, 0.4) is 0 Å². The van der Waals surface area contributed by atoms with E-state index in [4.69, 9.17) is 21.4 Å². The number of ether oxygens (including phenoxy) is 1. The van der Waals surface area contributed by atoms with E-state index in [-0.39, 0.29) is 48.6 Å². The maximum Gasteiger partial charge on any atom is 0.223 e. The number of β-amino-alcohol motifs (C(OH)–C–C–N with tert-alkyl or cyclic N) is 1. The molecule has 43 heavy (non-hydrogen) atoms. The van der Waals surface area contributed by atoms with Gasteiger partial charge < -0.3 is 30.1 Å². The second-order valence-corrected chi connectivity index (χ2v) is 14.2. The molecule has 3 unspecified atom stereocenters. The molecule has 4 heterocycles. The second kappa shape index (κ2) is 15.8. The van der Waals surface area contributed by atoms with Gasteiger partial charge >= 0.3 is 0 Å². The van der Waals surface area contributed by atoms with E-state index in [9.17, 15) is 20.1 Å². The molecule has 6 N–H and O–H groups in total. The van der Waals surface area contributed by atoms with Crippen molar-refractivity contribution >= 4 is 17.5 Å². The lowest BCUT2D eigenvalue weighted by atomic mass is 9.83. The number of rotatable bonds is 13. The fraction of sp³-hybridized carbons (Fsp3) is 0.967. The molecule has 13 heteroatoms. The number of likely N-dealkylation sites (tertiary alicyclic amines) is 3. The van der Waals surface area contributed by atoms with E-state index in [2.05, 4.69) is 15.5 Å². The zero-order valence-corrected chi connectivity index (χ0v) is 26.0. The third-order valence-electron chi connectivity index (χ3n) is 10.6. The fourth-order valence-corrected chi connectivity index (χ4v) is 7.93. The van der Waals surface area contributed by atoms with Crippen molar-refractivity contribution in [3.8, 4) is 0 Å². The Kier molecular flexibility index (Phi) is 12.3. The molecule has 8 atom stereocenters. The van der Waals surface area contributed by atoms with Crippen LogP contribution in [0.4, 0.5) is 4.39 Å². The lowest BCUT2D eigenvalue weighted by Crippen LogP contribution is -2.62. The van der Waals surface area contributed by atoms with Gasteiger partial charge in [-0.05, 0) is 50.4 Å². The third kappa shape index (κ3) is 8.78. The SMILES string of the molecule is O=C(CC1CCC(OCCCC2CCN(C3NCC(Cl)CN3)CC2)CC1F)N1C[C@H]2CN(C[C@H](O)[C@H](O)[C@H](O)CO)[C@H]2C1. The molecule has 1 saturated carbocycles. The predicted molar refractivity (Wildman–Crippen MR) is 160 cm³/mol. The number of carbonyl (C=O) groups excluding carboxylic acids is 1. The summed E-state index contributed by atoms with van der Waals surface area (Å²) in [5.74, 6) is 0.733. The fourth-order valence-electron chi connectivity index (χ4n) is 7.75. The average molecular weight is 634 g/mol. The van der Waals surface area contributed by atoms with Crippen LogP contribution in [0.1, 0.15) is 51.4 Å². The van der Waals surface area contributed by atoms with Gasteiger partial charge in [0.15, 0.2) is 0 Å². The van der Waals surface area contributed by atoms with Gasteiger partial charge in [-0.3, -0.25) is 25.2 Å². The molecule has 4 aliphatic heterocycles. The highest BCUT2D eigenvalue weighted by molar-refractivity contribution is 6.21. The van der Waals surface area contributed by atoms with Gasteiger partial charge in [-0.1, -0.05) is 0 Å². The maximum atomic E-state index is 15.1. The molecule has 0 spiro atoms. The molecule has 5 rings (SSSR count).